The Balaban J connectivity index is 1.50. The zero-order valence-electron chi connectivity index (χ0n) is 12.3. The molecule has 0 bridgehead atoms. The summed E-state index contributed by atoms with van der Waals surface area (Å²) in [6.45, 7) is 3.13. The second kappa shape index (κ2) is 6.35. The van der Waals surface area contributed by atoms with Crippen molar-refractivity contribution in [1.29, 1.82) is 0 Å². The standard InChI is InChI=1S/C16H21NO4/c1-11(4-6-13-3-2-8-19-13)17-16(18)12-5-7-14-15(9-12)21-10-20-14/h5,7,9,11,13H,2-4,6,8,10H2,1H3,(H,17,18)/t11-,13-/m0/s1. The van der Waals surface area contributed by atoms with Gasteiger partial charge in [-0.15, -0.1) is 0 Å². The summed E-state index contributed by atoms with van der Waals surface area (Å²) in [5, 5.41) is 3.02. The van der Waals surface area contributed by atoms with Gasteiger partial charge in [-0.2, -0.15) is 0 Å². The molecule has 2 heterocycles. The first-order valence-corrected chi connectivity index (χ1v) is 7.54. The number of hydrogen-bond donors (Lipinski definition) is 1. The monoisotopic (exact) mass is 291 g/mol. The van der Waals surface area contributed by atoms with Gasteiger partial charge in [0.15, 0.2) is 11.5 Å². The maximum Gasteiger partial charge on any atom is 0.251 e. The largest absolute Gasteiger partial charge is 0.454 e. The van der Waals surface area contributed by atoms with Crippen molar-refractivity contribution in [3.05, 3.63) is 23.8 Å². The summed E-state index contributed by atoms with van der Waals surface area (Å²) in [7, 11) is 0. The fraction of sp³-hybridized carbons (Fsp3) is 0.562. The van der Waals surface area contributed by atoms with Gasteiger partial charge in [0.05, 0.1) is 6.10 Å². The maximum absolute atomic E-state index is 12.2. The van der Waals surface area contributed by atoms with Gasteiger partial charge in [0.25, 0.3) is 5.91 Å². The number of amides is 1. The molecule has 0 aromatic heterocycles. The molecule has 1 saturated heterocycles. The summed E-state index contributed by atoms with van der Waals surface area (Å²) in [5.74, 6) is 1.25. The van der Waals surface area contributed by atoms with E-state index in [-0.39, 0.29) is 18.7 Å². The maximum atomic E-state index is 12.2. The highest BCUT2D eigenvalue weighted by molar-refractivity contribution is 5.95. The van der Waals surface area contributed by atoms with Gasteiger partial charge in [-0.3, -0.25) is 4.79 Å². The molecule has 0 aliphatic carbocycles. The van der Waals surface area contributed by atoms with Crippen LogP contribution in [0.3, 0.4) is 0 Å². The highest BCUT2D eigenvalue weighted by Crippen LogP contribution is 2.32. The van der Waals surface area contributed by atoms with Crippen LogP contribution in [0.15, 0.2) is 18.2 Å². The summed E-state index contributed by atoms with van der Waals surface area (Å²) >= 11 is 0. The molecule has 21 heavy (non-hydrogen) atoms. The molecule has 1 amide bonds. The molecule has 1 aromatic carbocycles. The smallest absolute Gasteiger partial charge is 0.251 e. The van der Waals surface area contributed by atoms with Crippen molar-refractivity contribution >= 4 is 5.91 Å². The van der Waals surface area contributed by atoms with Crippen LogP contribution in [0.2, 0.25) is 0 Å². The van der Waals surface area contributed by atoms with E-state index in [1.165, 1.54) is 0 Å². The van der Waals surface area contributed by atoms with Crippen molar-refractivity contribution in [3.63, 3.8) is 0 Å². The molecule has 0 radical (unpaired) electrons. The van der Waals surface area contributed by atoms with Crippen LogP contribution in [0.4, 0.5) is 0 Å². The number of rotatable bonds is 5. The van der Waals surface area contributed by atoms with E-state index >= 15 is 0 Å². The lowest BCUT2D eigenvalue weighted by atomic mass is 10.1. The van der Waals surface area contributed by atoms with Gasteiger partial charge < -0.3 is 19.5 Å². The highest BCUT2D eigenvalue weighted by Gasteiger charge is 2.19. The summed E-state index contributed by atoms with van der Waals surface area (Å²) in [5.41, 5.74) is 0.600. The molecule has 114 valence electrons. The van der Waals surface area contributed by atoms with Crippen molar-refractivity contribution in [2.24, 2.45) is 0 Å². The first-order chi connectivity index (χ1) is 10.2. The molecular formula is C16H21NO4. The zero-order valence-corrected chi connectivity index (χ0v) is 12.3. The average molecular weight is 291 g/mol. The van der Waals surface area contributed by atoms with E-state index in [4.69, 9.17) is 14.2 Å². The van der Waals surface area contributed by atoms with Crippen LogP contribution >= 0.6 is 0 Å². The Bertz CT molecular complexity index is 511. The Labute approximate surface area is 124 Å². The normalized spacial score (nSPS) is 21.3. The minimum Gasteiger partial charge on any atom is -0.454 e. The van der Waals surface area contributed by atoms with Crippen LogP contribution in [-0.2, 0) is 4.74 Å². The van der Waals surface area contributed by atoms with Gasteiger partial charge in [0, 0.05) is 18.2 Å². The molecule has 2 aliphatic heterocycles. The quantitative estimate of drug-likeness (QED) is 0.905. The van der Waals surface area contributed by atoms with Gasteiger partial charge in [0.2, 0.25) is 6.79 Å². The molecule has 1 aromatic rings. The summed E-state index contributed by atoms with van der Waals surface area (Å²) in [6.07, 6.45) is 4.60. The number of carbonyl (C=O) groups is 1. The minimum absolute atomic E-state index is 0.0758. The fourth-order valence-electron chi connectivity index (χ4n) is 2.72. The van der Waals surface area contributed by atoms with E-state index in [0.29, 0.717) is 23.2 Å². The van der Waals surface area contributed by atoms with E-state index in [9.17, 15) is 4.79 Å². The molecule has 1 fully saturated rings. The topological polar surface area (TPSA) is 56.8 Å². The van der Waals surface area contributed by atoms with Crippen molar-refractivity contribution in [1.82, 2.24) is 5.32 Å². The molecule has 5 heteroatoms. The second-order valence-corrected chi connectivity index (χ2v) is 5.65. The Kier molecular flexibility index (Phi) is 4.29. The second-order valence-electron chi connectivity index (χ2n) is 5.65. The Hall–Kier alpha value is -1.75. The van der Waals surface area contributed by atoms with Crippen molar-refractivity contribution in [2.75, 3.05) is 13.4 Å². The van der Waals surface area contributed by atoms with Gasteiger partial charge >= 0.3 is 0 Å². The Morgan fingerprint density at radius 3 is 3.05 bits per heavy atom. The first kappa shape index (κ1) is 14.2. The number of hydrogen-bond acceptors (Lipinski definition) is 4. The number of benzene rings is 1. The van der Waals surface area contributed by atoms with Crippen LogP contribution < -0.4 is 14.8 Å². The highest BCUT2D eigenvalue weighted by atomic mass is 16.7. The SMILES string of the molecule is C[C@@H](CC[C@@H]1CCCO1)NC(=O)c1ccc2c(c1)OCO2. The Morgan fingerprint density at radius 2 is 2.24 bits per heavy atom. The predicted octanol–water partition coefficient (Wildman–Crippen LogP) is 2.49. The van der Waals surface area contributed by atoms with Crippen LogP contribution in [-0.4, -0.2) is 31.5 Å². The third kappa shape index (κ3) is 3.47. The van der Waals surface area contributed by atoms with Gasteiger partial charge in [-0.25, -0.2) is 0 Å². The molecule has 2 atom stereocenters. The number of nitrogens with one attached hydrogen (secondary N) is 1. The third-order valence-corrected chi connectivity index (χ3v) is 3.96. The number of carbonyl (C=O) groups excluding carboxylic acids is 1. The molecule has 0 unspecified atom stereocenters. The fourth-order valence-corrected chi connectivity index (χ4v) is 2.72. The summed E-state index contributed by atoms with van der Waals surface area (Å²) in [4.78, 5) is 12.2. The van der Waals surface area contributed by atoms with Crippen LogP contribution in [0.25, 0.3) is 0 Å². The predicted molar refractivity (Wildman–Crippen MR) is 77.7 cm³/mol. The van der Waals surface area contributed by atoms with Crippen molar-refractivity contribution < 1.29 is 19.0 Å². The molecular weight excluding hydrogens is 270 g/mol. The van der Waals surface area contributed by atoms with Crippen molar-refractivity contribution in [2.45, 2.75) is 44.8 Å². The van der Waals surface area contributed by atoms with E-state index in [1.807, 2.05) is 6.92 Å². The van der Waals surface area contributed by atoms with Crippen LogP contribution in [0.1, 0.15) is 43.0 Å². The molecule has 0 spiro atoms. The van der Waals surface area contributed by atoms with Crippen molar-refractivity contribution in [3.8, 4) is 11.5 Å². The summed E-state index contributed by atoms with van der Waals surface area (Å²) < 4.78 is 16.1. The van der Waals surface area contributed by atoms with E-state index in [0.717, 1.165) is 32.3 Å². The molecule has 0 saturated carbocycles. The van der Waals surface area contributed by atoms with E-state index in [2.05, 4.69) is 5.32 Å². The summed E-state index contributed by atoms with van der Waals surface area (Å²) in [6, 6.07) is 5.39. The van der Waals surface area contributed by atoms with Crippen LogP contribution in [0, 0.1) is 0 Å². The van der Waals surface area contributed by atoms with Crippen LogP contribution in [0.5, 0.6) is 11.5 Å². The van der Waals surface area contributed by atoms with Gasteiger partial charge in [-0.1, -0.05) is 0 Å². The lowest BCUT2D eigenvalue weighted by Crippen LogP contribution is -2.33. The number of ether oxygens (including phenoxy) is 3. The average Bonchev–Trinajstić information content (AvgIpc) is 3.15. The van der Waals surface area contributed by atoms with E-state index < -0.39 is 0 Å². The lowest BCUT2D eigenvalue weighted by Gasteiger charge is -2.16. The molecule has 5 nitrogen and oxygen atoms in total. The molecule has 1 N–H and O–H groups in total. The zero-order chi connectivity index (χ0) is 14.7. The molecule has 3 rings (SSSR count). The first-order valence-electron chi connectivity index (χ1n) is 7.54. The molecule has 2 aliphatic rings. The van der Waals surface area contributed by atoms with Gasteiger partial charge in [0.1, 0.15) is 0 Å². The minimum atomic E-state index is -0.0758. The Morgan fingerprint density at radius 1 is 1.38 bits per heavy atom. The number of fused-ring (bicyclic) bond motifs is 1. The third-order valence-electron chi connectivity index (χ3n) is 3.96. The lowest BCUT2D eigenvalue weighted by molar-refractivity contribution is 0.0899. The van der Waals surface area contributed by atoms with Gasteiger partial charge in [-0.05, 0) is 50.8 Å². The van der Waals surface area contributed by atoms with E-state index in [1.54, 1.807) is 18.2 Å².